The lowest BCUT2D eigenvalue weighted by Gasteiger charge is -2.13. The summed E-state index contributed by atoms with van der Waals surface area (Å²) in [7, 11) is 0. The van der Waals surface area contributed by atoms with E-state index in [4.69, 9.17) is 5.11 Å². The van der Waals surface area contributed by atoms with Gasteiger partial charge in [0.1, 0.15) is 5.75 Å². The zero-order valence-corrected chi connectivity index (χ0v) is 6.00. The van der Waals surface area contributed by atoms with Gasteiger partial charge in [-0.1, -0.05) is 0 Å². The number of fused-ring (bicyclic) bond motifs is 1. The van der Waals surface area contributed by atoms with Crippen LogP contribution in [0.5, 0.6) is 5.75 Å². The summed E-state index contributed by atoms with van der Waals surface area (Å²) in [6.07, 6.45) is 1.95. The first-order valence-corrected chi connectivity index (χ1v) is 3.62. The van der Waals surface area contributed by atoms with Crippen molar-refractivity contribution in [3.8, 4) is 5.75 Å². The van der Waals surface area contributed by atoms with Gasteiger partial charge in [0.15, 0.2) is 5.43 Å². The molecule has 2 heteroatoms. The van der Waals surface area contributed by atoms with Gasteiger partial charge in [0.25, 0.3) is 0 Å². The maximum Gasteiger partial charge on any atom is 0.182 e. The van der Waals surface area contributed by atoms with E-state index >= 15 is 0 Å². The predicted molar refractivity (Wildman–Crippen MR) is 41.8 cm³/mol. The van der Waals surface area contributed by atoms with E-state index in [1.165, 1.54) is 6.07 Å². The van der Waals surface area contributed by atoms with E-state index in [1.54, 1.807) is 12.1 Å². The SMILES string of the molecule is O=c1cc(O)cc2c(c1)CC2. The molecule has 0 aliphatic heterocycles. The Bertz CT molecular complexity index is 355. The first-order valence-electron chi connectivity index (χ1n) is 3.62. The molecule has 1 N–H and O–H groups in total. The van der Waals surface area contributed by atoms with Crippen LogP contribution in [0, 0.1) is 0 Å². The van der Waals surface area contributed by atoms with Crippen LogP contribution in [0.2, 0.25) is 0 Å². The van der Waals surface area contributed by atoms with Gasteiger partial charge in [-0.25, -0.2) is 0 Å². The van der Waals surface area contributed by atoms with Gasteiger partial charge in [-0.2, -0.15) is 0 Å². The summed E-state index contributed by atoms with van der Waals surface area (Å²) in [6, 6.07) is 4.51. The minimum absolute atomic E-state index is 0.0796. The third-order valence-corrected chi connectivity index (χ3v) is 2.00. The summed E-state index contributed by atoms with van der Waals surface area (Å²) >= 11 is 0. The van der Waals surface area contributed by atoms with Gasteiger partial charge in [-0.3, -0.25) is 4.79 Å². The Hall–Kier alpha value is -1.31. The van der Waals surface area contributed by atoms with Crippen molar-refractivity contribution >= 4 is 0 Å². The summed E-state index contributed by atoms with van der Waals surface area (Å²) in [5.74, 6) is 0.0796. The maximum absolute atomic E-state index is 10.9. The van der Waals surface area contributed by atoms with E-state index < -0.39 is 0 Å². The van der Waals surface area contributed by atoms with Gasteiger partial charge in [0.2, 0.25) is 0 Å². The smallest absolute Gasteiger partial charge is 0.182 e. The Kier molecular flexibility index (Phi) is 1.22. The number of aromatic hydroxyl groups is 1. The van der Waals surface area contributed by atoms with E-state index in [0.29, 0.717) is 0 Å². The highest BCUT2D eigenvalue weighted by Gasteiger charge is 2.12. The van der Waals surface area contributed by atoms with Crippen LogP contribution in [0.4, 0.5) is 0 Å². The summed E-state index contributed by atoms with van der Waals surface area (Å²) in [6.45, 7) is 0. The summed E-state index contributed by atoms with van der Waals surface area (Å²) in [5.41, 5.74) is 2.07. The molecule has 1 aliphatic carbocycles. The van der Waals surface area contributed by atoms with Crippen LogP contribution in [0.15, 0.2) is 23.0 Å². The molecule has 2 rings (SSSR count). The molecular formula is C9H8O2. The number of rotatable bonds is 0. The van der Waals surface area contributed by atoms with Crippen LogP contribution in [-0.2, 0) is 12.8 Å². The molecule has 0 amide bonds. The van der Waals surface area contributed by atoms with Crippen molar-refractivity contribution in [1.29, 1.82) is 0 Å². The zero-order valence-electron chi connectivity index (χ0n) is 6.00. The van der Waals surface area contributed by atoms with Gasteiger partial charge >= 0.3 is 0 Å². The Morgan fingerprint density at radius 2 is 1.73 bits per heavy atom. The molecule has 1 aromatic rings. The van der Waals surface area contributed by atoms with Gasteiger partial charge in [0, 0.05) is 6.07 Å². The van der Waals surface area contributed by atoms with E-state index in [9.17, 15) is 4.79 Å². The molecule has 0 unspecified atom stereocenters. The topological polar surface area (TPSA) is 37.3 Å². The first kappa shape index (κ1) is 6.40. The molecule has 0 radical (unpaired) electrons. The number of hydrogen-bond donors (Lipinski definition) is 1. The minimum Gasteiger partial charge on any atom is -0.508 e. The second-order valence-electron chi connectivity index (χ2n) is 2.81. The molecule has 0 heterocycles. The second-order valence-corrected chi connectivity index (χ2v) is 2.81. The molecule has 11 heavy (non-hydrogen) atoms. The van der Waals surface area contributed by atoms with Crippen LogP contribution >= 0.6 is 0 Å². The predicted octanol–water partition coefficient (Wildman–Crippen LogP) is 0.851. The Balaban J connectivity index is 2.76. The molecule has 1 aliphatic rings. The highest BCUT2D eigenvalue weighted by molar-refractivity contribution is 5.38. The summed E-state index contributed by atoms with van der Waals surface area (Å²) < 4.78 is 0. The van der Waals surface area contributed by atoms with Crippen molar-refractivity contribution in [2.24, 2.45) is 0 Å². The van der Waals surface area contributed by atoms with Gasteiger partial charge in [-0.05, 0) is 36.1 Å². The molecule has 0 aromatic heterocycles. The van der Waals surface area contributed by atoms with Crippen molar-refractivity contribution in [3.05, 3.63) is 39.5 Å². The molecule has 0 saturated heterocycles. The summed E-state index contributed by atoms with van der Waals surface area (Å²) in [5, 5.41) is 9.11. The molecule has 0 atom stereocenters. The Morgan fingerprint density at radius 1 is 1.09 bits per heavy atom. The van der Waals surface area contributed by atoms with E-state index in [1.807, 2.05) is 0 Å². The molecule has 0 saturated carbocycles. The minimum atomic E-state index is -0.108. The fraction of sp³-hybridized carbons (Fsp3) is 0.222. The highest BCUT2D eigenvalue weighted by atomic mass is 16.3. The summed E-state index contributed by atoms with van der Waals surface area (Å²) in [4.78, 5) is 10.9. The van der Waals surface area contributed by atoms with Crippen LogP contribution in [-0.4, -0.2) is 5.11 Å². The largest absolute Gasteiger partial charge is 0.508 e. The monoisotopic (exact) mass is 148 g/mol. The molecule has 2 nitrogen and oxygen atoms in total. The fourth-order valence-electron chi connectivity index (χ4n) is 1.32. The lowest BCUT2D eigenvalue weighted by atomic mass is 9.91. The lowest BCUT2D eigenvalue weighted by Crippen LogP contribution is -2.07. The normalized spacial score (nSPS) is 13.5. The van der Waals surface area contributed by atoms with Crippen molar-refractivity contribution in [2.75, 3.05) is 0 Å². The highest BCUT2D eigenvalue weighted by Crippen LogP contribution is 2.22. The average Bonchev–Trinajstić information content (AvgIpc) is 1.99. The molecule has 0 spiro atoms. The lowest BCUT2D eigenvalue weighted by molar-refractivity contribution is 0.474. The standard InChI is InChI=1S/C9H8O2/c10-8-3-6-1-2-7(6)4-9(11)5-8/h3-5,10H,1-2H2. The van der Waals surface area contributed by atoms with Crippen molar-refractivity contribution in [2.45, 2.75) is 12.8 Å². The average molecular weight is 148 g/mol. The zero-order chi connectivity index (χ0) is 7.84. The molecule has 1 aromatic carbocycles. The maximum atomic E-state index is 10.9. The van der Waals surface area contributed by atoms with Gasteiger partial charge in [0.05, 0.1) is 0 Å². The van der Waals surface area contributed by atoms with Gasteiger partial charge < -0.3 is 5.11 Å². The molecule has 0 bridgehead atoms. The first-order chi connectivity index (χ1) is 5.25. The third-order valence-electron chi connectivity index (χ3n) is 2.00. The molecule has 56 valence electrons. The van der Waals surface area contributed by atoms with Crippen LogP contribution in [0.1, 0.15) is 11.1 Å². The number of aryl methyl sites for hydroxylation is 2. The molecule has 0 fully saturated rings. The van der Waals surface area contributed by atoms with Crippen LogP contribution < -0.4 is 5.43 Å². The van der Waals surface area contributed by atoms with Crippen molar-refractivity contribution < 1.29 is 5.11 Å². The van der Waals surface area contributed by atoms with E-state index in [0.717, 1.165) is 24.0 Å². The second kappa shape index (κ2) is 2.09. The third kappa shape index (κ3) is 1.00. The molecular weight excluding hydrogens is 140 g/mol. The van der Waals surface area contributed by atoms with Crippen molar-refractivity contribution in [1.82, 2.24) is 0 Å². The van der Waals surface area contributed by atoms with Crippen LogP contribution in [0.3, 0.4) is 0 Å². The van der Waals surface area contributed by atoms with E-state index in [2.05, 4.69) is 0 Å². The van der Waals surface area contributed by atoms with Crippen LogP contribution in [0.25, 0.3) is 0 Å². The van der Waals surface area contributed by atoms with Gasteiger partial charge in [-0.15, -0.1) is 0 Å². The van der Waals surface area contributed by atoms with E-state index in [-0.39, 0.29) is 11.2 Å². The fourth-order valence-corrected chi connectivity index (χ4v) is 1.32. The quantitative estimate of drug-likeness (QED) is 0.592. The Morgan fingerprint density at radius 3 is 2.36 bits per heavy atom. The number of hydrogen-bond acceptors (Lipinski definition) is 2. The Labute approximate surface area is 64.1 Å². The van der Waals surface area contributed by atoms with Crippen molar-refractivity contribution in [3.63, 3.8) is 0 Å².